The number of pyridine rings is 1. The molecule has 0 amide bonds. The summed E-state index contributed by atoms with van der Waals surface area (Å²) in [4.78, 5) is 23.2. The van der Waals surface area contributed by atoms with E-state index >= 15 is 0 Å². The molecule has 0 unspecified atom stereocenters. The number of allylic oxidation sites excluding steroid dienone is 2. The Morgan fingerprint density at radius 3 is 2.57 bits per heavy atom. The van der Waals surface area contributed by atoms with Gasteiger partial charge in [0.2, 0.25) is 0 Å². The summed E-state index contributed by atoms with van der Waals surface area (Å²) >= 11 is 0. The lowest BCUT2D eigenvalue weighted by Gasteiger charge is -2.12. The van der Waals surface area contributed by atoms with E-state index in [0.717, 1.165) is 36.0 Å². The third-order valence-electron chi connectivity index (χ3n) is 3.36. The number of rotatable bonds is 2. The molecule has 0 atom stereocenters. The van der Waals surface area contributed by atoms with E-state index in [1.807, 2.05) is 19.9 Å². The van der Waals surface area contributed by atoms with Crippen LogP contribution in [0.15, 0.2) is 41.6 Å². The van der Waals surface area contributed by atoms with E-state index < -0.39 is 0 Å². The molecule has 0 radical (unpaired) electrons. The van der Waals surface area contributed by atoms with Gasteiger partial charge in [0.1, 0.15) is 0 Å². The highest BCUT2D eigenvalue weighted by Gasteiger charge is 2.12. The Morgan fingerprint density at radius 2 is 1.90 bits per heavy atom. The van der Waals surface area contributed by atoms with Gasteiger partial charge in [0.15, 0.2) is 5.82 Å². The van der Waals surface area contributed by atoms with E-state index in [1.54, 1.807) is 24.7 Å². The monoisotopic (exact) mass is 283 g/mol. The van der Waals surface area contributed by atoms with Crippen molar-refractivity contribution >= 4 is 5.57 Å². The smallest absolute Gasteiger partial charge is 0.255 e. The lowest BCUT2D eigenvalue weighted by molar-refractivity contribution is 0.741. The van der Waals surface area contributed by atoms with Crippen LogP contribution < -0.4 is 5.56 Å². The molecule has 0 aromatic carbocycles. The van der Waals surface area contributed by atoms with Crippen LogP contribution in [0.5, 0.6) is 0 Å². The first kappa shape index (κ1) is 15.2. The number of nitrogens with zero attached hydrogens (tertiary/aromatic N) is 2. The first-order chi connectivity index (χ1) is 10.3. The zero-order chi connectivity index (χ0) is 15.1. The summed E-state index contributed by atoms with van der Waals surface area (Å²) in [7, 11) is 0. The standard InChI is InChI=1S/C15H15N3O.C2H6/c19-15-13(11-5-2-1-3-6-11)9-12(10-18-15)14-16-7-4-8-17-14;1-2/h4-5,7-10H,1-3,6H2,(H,18,19);1-2H3. The van der Waals surface area contributed by atoms with Gasteiger partial charge in [0, 0.05) is 29.7 Å². The van der Waals surface area contributed by atoms with Crippen LogP contribution in [0.4, 0.5) is 0 Å². The van der Waals surface area contributed by atoms with Crippen LogP contribution in [0.1, 0.15) is 45.1 Å². The first-order valence-electron chi connectivity index (χ1n) is 7.54. The van der Waals surface area contributed by atoms with E-state index in [1.165, 1.54) is 6.42 Å². The van der Waals surface area contributed by atoms with Crippen molar-refractivity contribution in [3.63, 3.8) is 0 Å². The van der Waals surface area contributed by atoms with Crippen molar-refractivity contribution in [1.82, 2.24) is 15.0 Å². The summed E-state index contributed by atoms with van der Waals surface area (Å²) in [5.74, 6) is 0.636. The predicted molar refractivity (Wildman–Crippen MR) is 85.9 cm³/mol. The summed E-state index contributed by atoms with van der Waals surface area (Å²) in [5.41, 5.74) is 2.71. The normalized spacial score (nSPS) is 13.9. The molecule has 0 spiro atoms. The highest BCUT2D eigenvalue weighted by atomic mass is 16.1. The number of aromatic nitrogens is 3. The topological polar surface area (TPSA) is 58.6 Å². The van der Waals surface area contributed by atoms with Crippen molar-refractivity contribution in [2.75, 3.05) is 0 Å². The van der Waals surface area contributed by atoms with Gasteiger partial charge in [0.05, 0.1) is 0 Å². The van der Waals surface area contributed by atoms with Crippen LogP contribution in [0, 0.1) is 0 Å². The van der Waals surface area contributed by atoms with Crippen LogP contribution in [0.25, 0.3) is 17.0 Å². The van der Waals surface area contributed by atoms with Crippen molar-refractivity contribution in [2.24, 2.45) is 0 Å². The summed E-state index contributed by atoms with van der Waals surface area (Å²) in [5, 5.41) is 0. The molecule has 21 heavy (non-hydrogen) atoms. The van der Waals surface area contributed by atoms with Crippen LogP contribution in [0.3, 0.4) is 0 Å². The quantitative estimate of drug-likeness (QED) is 0.911. The Morgan fingerprint density at radius 1 is 1.14 bits per heavy atom. The fourth-order valence-corrected chi connectivity index (χ4v) is 2.38. The van der Waals surface area contributed by atoms with Crippen molar-refractivity contribution in [3.8, 4) is 11.4 Å². The fourth-order valence-electron chi connectivity index (χ4n) is 2.38. The lowest BCUT2D eigenvalue weighted by atomic mass is 9.94. The number of nitrogens with one attached hydrogen (secondary N) is 1. The van der Waals surface area contributed by atoms with Crippen molar-refractivity contribution in [3.05, 3.63) is 52.7 Å². The maximum absolute atomic E-state index is 12.0. The zero-order valence-corrected chi connectivity index (χ0v) is 12.6. The molecule has 0 bridgehead atoms. The summed E-state index contributed by atoms with van der Waals surface area (Å²) < 4.78 is 0. The van der Waals surface area contributed by atoms with Gasteiger partial charge in [-0.15, -0.1) is 0 Å². The second kappa shape index (κ2) is 7.53. The molecule has 2 aromatic rings. The zero-order valence-electron chi connectivity index (χ0n) is 12.6. The first-order valence-corrected chi connectivity index (χ1v) is 7.54. The molecule has 2 aromatic heterocycles. The predicted octanol–water partition coefficient (Wildman–Crippen LogP) is 3.82. The van der Waals surface area contributed by atoms with Crippen molar-refractivity contribution in [2.45, 2.75) is 39.5 Å². The van der Waals surface area contributed by atoms with Gasteiger partial charge < -0.3 is 4.98 Å². The molecule has 0 aliphatic heterocycles. The second-order valence-electron chi connectivity index (χ2n) is 4.68. The summed E-state index contributed by atoms with van der Waals surface area (Å²) in [6.45, 7) is 4.00. The van der Waals surface area contributed by atoms with Gasteiger partial charge >= 0.3 is 0 Å². The molecule has 0 saturated heterocycles. The molecule has 0 fully saturated rings. The van der Waals surface area contributed by atoms with Gasteiger partial charge in [0.25, 0.3) is 5.56 Å². The number of aromatic amines is 1. The Bertz CT molecular complexity index is 659. The minimum atomic E-state index is -0.0344. The van der Waals surface area contributed by atoms with Crippen molar-refractivity contribution in [1.29, 1.82) is 0 Å². The molecule has 1 aliphatic carbocycles. The third kappa shape index (κ3) is 3.66. The van der Waals surface area contributed by atoms with E-state index in [-0.39, 0.29) is 5.56 Å². The minimum Gasteiger partial charge on any atom is -0.328 e. The second-order valence-corrected chi connectivity index (χ2v) is 4.68. The molecular weight excluding hydrogens is 262 g/mol. The lowest BCUT2D eigenvalue weighted by Crippen LogP contribution is -2.12. The Hall–Kier alpha value is -2.23. The van der Waals surface area contributed by atoms with Crippen molar-refractivity contribution < 1.29 is 0 Å². The van der Waals surface area contributed by atoms with Crippen LogP contribution in [0.2, 0.25) is 0 Å². The molecule has 4 heteroatoms. The van der Waals surface area contributed by atoms with E-state index in [0.29, 0.717) is 5.82 Å². The number of hydrogen-bond acceptors (Lipinski definition) is 3. The molecular formula is C17H21N3O. The average Bonchev–Trinajstić information content (AvgIpc) is 2.59. The molecule has 4 nitrogen and oxygen atoms in total. The van der Waals surface area contributed by atoms with E-state index in [9.17, 15) is 4.79 Å². The third-order valence-corrected chi connectivity index (χ3v) is 3.36. The molecule has 110 valence electrons. The molecule has 2 heterocycles. The summed E-state index contributed by atoms with van der Waals surface area (Å²) in [6.07, 6.45) is 11.6. The van der Waals surface area contributed by atoms with Gasteiger partial charge in [-0.1, -0.05) is 19.9 Å². The molecule has 1 aliphatic rings. The van der Waals surface area contributed by atoms with E-state index in [4.69, 9.17) is 0 Å². The fraction of sp³-hybridized carbons (Fsp3) is 0.353. The van der Waals surface area contributed by atoms with Gasteiger partial charge in [-0.2, -0.15) is 0 Å². The maximum Gasteiger partial charge on any atom is 0.255 e. The molecule has 3 rings (SSSR count). The number of H-pyrrole nitrogens is 1. The van der Waals surface area contributed by atoms with E-state index in [2.05, 4.69) is 21.0 Å². The Balaban J connectivity index is 0.000000774. The minimum absolute atomic E-state index is 0.0344. The average molecular weight is 283 g/mol. The van der Waals surface area contributed by atoms with Gasteiger partial charge in [-0.25, -0.2) is 9.97 Å². The Labute approximate surface area is 125 Å². The highest BCUT2D eigenvalue weighted by Crippen LogP contribution is 2.26. The largest absolute Gasteiger partial charge is 0.328 e. The summed E-state index contributed by atoms with van der Waals surface area (Å²) in [6, 6.07) is 3.67. The Kier molecular flexibility index (Phi) is 5.43. The maximum atomic E-state index is 12.0. The number of hydrogen-bond donors (Lipinski definition) is 1. The SMILES string of the molecule is CC.O=c1[nH]cc(-c2ncccn2)cc1C1=CCCCC1. The van der Waals surface area contributed by atoms with Crippen LogP contribution in [-0.2, 0) is 0 Å². The van der Waals surface area contributed by atoms with Crippen LogP contribution >= 0.6 is 0 Å². The van der Waals surface area contributed by atoms with Crippen LogP contribution in [-0.4, -0.2) is 15.0 Å². The van der Waals surface area contributed by atoms with Gasteiger partial charge in [-0.3, -0.25) is 4.79 Å². The van der Waals surface area contributed by atoms with Gasteiger partial charge in [-0.05, 0) is 43.4 Å². The molecule has 0 saturated carbocycles. The highest BCUT2D eigenvalue weighted by molar-refractivity contribution is 5.69. The molecule has 1 N–H and O–H groups in total.